The highest BCUT2D eigenvalue weighted by Crippen LogP contribution is 2.38. The van der Waals surface area contributed by atoms with Gasteiger partial charge >= 0.3 is 5.97 Å². The van der Waals surface area contributed by atoms with Crippen LogP contribution in [0.3, 0.4) is 0 Å². The van der Waals surface area contributed by atoms with Crippen LogP contribution in [0.1, 0.15) is 11.6 Å². The van der Waals surface area contributed by atoms with Gasteiger partial charge in [-0.15, -0.1) is 0 Å². The molecule has 0 aromatic heterocycles. The minimum atomic E-state index is -1.05. The summed E-state index contributed by atoms with van der Waals surface area (Å²) in [4.78, 5) is 25.9. The largest absolute Gasteiger partial charge is 0.496 e. The van der Waals surface area contributed by atoms with Crippen molar-refractivity contribution in [2.75, 3.05) is 13.7 Å². The van der Waals surface area contributed by atoms with E-state index in [-0.39, 0.29) is 17.7 Å². The number of hydrogen-bond donors (Lipinski definition) is 1. The molecule has 1 fully saturated rings. The van der Waals surface area contributed by atoms with Crippen molar-refractivity contribution in [3.05, 3.63) is 54.1 Å². The van der Waals surface area contributed by atoms with E-state index in [0.717, 1.165) is 0 Å². The summed E-state index contributed by atoms with van der Waals surface area (Å²) in [5.74, 6) is -0.951. The van der Waals surface area contributed by atoms with Crippen molar-refractivity contribution < 1.29 is 19.4 Å². The molecule has 1 amide bonds. The molecule has 1 aliphatic heterocycles. The highest BCUT2D eigenvalue weighted by atomic mass is 16.5. The van der Waals surface area contributed by atoms with Gasteiger partial charge in [0.15, 0.2) is 6.04 Å². The number of likely N-dealkylation sites (tertiary alicyclic amines) is 1. The van der Waals surface area contributed by atoms with Crippen LogP contribution in [0.15, 0.2) is 48.6 Å². The normalized spacial score (nSPS) is 24.2. The molecule has 1 heterocycles. The van der Waals surface area contributed by atoms with Gasteiger partial charge < -0.3 is 14.7 Å². The summed E-state index contributed by atoms with van der Waals surface area (Å²) in [6.07, 6.45) is 7.54. The molecule has 5 nitrogen and oxygen atoms in total. The van der Waals surface area contributed by atoms with E-state index in [4.69, 9.17) is 4.74 Å². The maximum absolute atomic E-state index is 12.6. The first-order valence-corrected chi connectivity index (χ1v) is 7.14. The first kappa shape index (κ1) is 14.4. The van der Waals surface area contributed by atoms with Crippen LogP contribution in [0.2, 0.25) is 0 Å². The second kappa shape index (κ2) is 5.67. The van der Waals surface area contributed by atoms with Crippen molar-refractivity contribution in [1.82, 2.24) is 4.90 Å². The fourth-order valence-electron chi connectivity index (χ4n) is 3.16. The third kappa shape index (κ3) is 2.28. The summed E-state index contributed by atoms with van der Waals surface area (Å²) in [6.45, 7) is 0.402. The van der Waals surface area contributed by atoms with E-state index < -0.39 is 12.0 Å². The van der Waals surface area contributed by atoms with Crippen molar-refractivity contribution >= 4 is 11.9 Å². The van der Waals surface area contributed by atoms with Gasteiger partial charge in [0.25, 0.3) is 0 Å². The quantitative estimate of drug-likeness (QED) is 0.923. The summed E-state index contributed by atoms with van der Waals surface area (Å²) in [6, 6.07) is 5.90. The Balaban J connectivity index is 1.99. The van der Waals surface area contributed by atoms with E-state index in [1.165, 1.54) is 12.0 Å². The van der Waals surface area contributed by atoms with E-state index in [1.807, 2.05) is 24.3 Å². The molecule has 1 N–H and O–H groups in total. The third-order valence-electron chi connectivity index (χ3n) is 4.20. The van der Waals surface area contributed by atoms with E-state index in [0.29, 0.717) is 17.9 Å². The van der Waals surface area contributed by atoms with E-state index >= 15 is 0 Å². The fraction of sp³-hybridized carbons (Fsp3) is 0.294. The lowest BCUT2D eigenvalue weighted by atomic mass is 9.92. The van der Waals surface area contributed by atoms with Gasteiger partial charge in [-0.3, -0.25) is 4.79 Å². The number of carboxylic acid groups (broad SMARTS) is 1. The molecule has 5 heteroatoms. The van der Waals surface area contributed by atoms with Gasteiger partial charge in [-0.1, -0.05) is 42.5 Å². The lowest BCUT2D eigenvalue weighted by molar-refractivity contribution is -0.149. The Labute approximate surface area is 128 Å². The predicted octanol–water partition coefficient (Wildman–Crippen LogP) is 2.02. The van der Waals surface area contributed by atoms with Crippen LogP contribution in [-0.4, -0.2) is 35.5 Å². The molecule has 1 saturated heterocycles. The summed E-state index contributed by atoms with van der Waals surface area (Å²) in [7, 11) is 1.49. The molecule has 3 unspecified atom stereocenters. The highest BCUT2D eigenvalue weighted by molar-refractivity contribution is 5.89. The summed E-state index contributed by atoms with van der Waals surface area (Å²) in [5, 5.41) is 9.67. The number of carbonyl (C=O) groups excluding carboxylic acids is 1. The zero-order chi connectivity index (χ0) is 15.7. The minimum Gasteiger partial charge on any atom is -0.496 e. The van der Waals surface area contributed by atoms with Crippen molar-refractivity contribution in [1.29, 1.82) is 0 Å². The number of rotatable bonds is 4. The van der Waals surface area contributed by atoms with Crippen molar-refractivity contribution in [3.63, 3.8) is 0 Å². The molecule has 1 aliphatic carbocycles. The number of para-hydroxylation sites is 1. The maximum Gasteiger partial charge on any atom is 0.331 e. The minimum absolute atomic E-state index is 0.0362. The number of nitrogens with zero attached hydrogens (tertiary/aromatic N) is 1. The molecule has 114 valence electrons. The maximum atomic E-state index is 12.6. The molecule has 3 rings (SSSR count). The number of allylic oxidation sites excluding steroid dienone is 2. The van der Waals surface area contributed by atoms with E-state index in [2.05, 4.69) is 0 Å². The summed E-state index contributed by atoms with van der Waals surface area (Å²) < 4.78 is 5.26. The second-order valence-electron chi connectivity index (χ2n) is 5.43. The SMILES string of the molecule is COc1ccccc1C(C(=O)O)N1CC2C=CC=CC2C1=O. The number of fused-ring (bicyclic) bond motifs is 1. The van der Waals surface area contributed by atoms with Crippen LogP contribution < -0.4 is 4.74 Å². The number of aliphatic carboxylic acids is 1. The number of amides is 1. The molecule has 2 aliphatic rings. The molecule has 1 aromatic carbocycles. The van der Waals surface area contributed by atoms with Crippen molar-refractivity contribution in [2.45, 2.75) is 6.04 Å². The van der Waals surface area contributed by atoms with E-state index in [9.17, 15) is 14.7 Å². The Bertz CT molecular complexity index is 664. The zero-order valence-corrected chi connectivity index (χ0v) is 12.2. The fourth-order valence-corrected chi connectivity index (χ4v) is 3.16. The van der Waals surface area contributed by atoms with Crippen molar-refractivity contribution in [3.8, 4) is 5.75 Å². The Morgan fingerprint density at radius 2 is 2.05 bits per heavy atom. The average molecular weight is 299 g/mol. The van der Waals surface area contributed by atoms with Gasteiger partial charge in [-0.2, -0.15) is 0 Å². The number of carbonyl (C=O) groups is 2. The van der Waals surface area contributed by atoms with E-state index in [1.54, 1.807) is 24.3 Å². The van der Waals surface area contributed by atoms with Gasteiger partial charge in [0.05, 0.1) is 13.0 Å². The number of hydrogen-bond acceptors (Lipinski definition) is 3. The highest BCUT2D eigenvalue weighted by Gasteiger charge is 2.44. The molecule has 0 spiro atoms. The Morgan fingerprint density at radius 1 is 1.32 bits per heavy atom. The van der Waals surface area contributed by atoms with Crippen LogP contribution in [0, 0.1) is 11.8 Å². The zero-order valence-electron chi connectivity index (χ0n) is 12.2. The molecule has 22 heavy (non-hydrogen) atoms. The summed E-state index contributed by atoms with van der Waals surface area (Å²) >= 11 is 0. The van der Waals surface area contributed by atoms with Crippen LogP contribution in [-0.2, 0) is 9.59 Å². The predicted molar refractivity (Wildman–Crippen MR) is 80.3 cm³/mol. The smallest absolute Gasteiger partial charge is 0.331 e. The molecule has 3 atom stereocenters. The van der Waals surface area contributed by atoms with Gasteiger partial charge in [0.1, 0.15) is 5.75 Å². The Morgan fingerprint density at radius 3 is 2.73 bits per heavy atom. The summed E-state index contributed by atoms with van der Waals surface area (Å²) in [5.41, 5.74) is 0.498. The number of methoxy groups -OCH3 is 1. The van der Waals surface area contributed by atoms with Crippen molar-refractivity contribution in [2.24, 2.45) is 11.8 Å². The second-order valence-corrected chi connectivity index (χ2v) is 5.43. The molecular weight excluding hydrogens is 282 g/mol. The lowest BCUT2D eigenvalue weighted by Crippen LogP contribution is -2.36. The molecule has 1 aromatic rings. The van der Waals surface area contributed by atoms with Crippen LogP contribution >= 0.6 is 0 Å². The molecule has 0 saturated carbocycles. The van der Waals surface area contributed by atoms with Crippen LogP contribution in [0.5, 0.6) is 5.75 Å². The Hall–Kier alpha value is -2.56. The molecule has 0 bridgehead atoms. The number of ether oxygens (including phenoxy) is 1. The monoisotopic (exact) mass is 299 g/mol. The first-order valence-electron chi connectivity index (χ1n) is 7.14. The van der Waals surface area contributed by atoms with Gasteiger partial charge in [-0.25, -0.2) is 4.79 Å². The number of carboxylic acids is 1. The van der Waals surface area contributed by atoms with Gasteiger partial charge in [0.2, 0.25) is 5.91 Å². The molecular formula is C17H17NO4. The standard InChI is InChI=1S/C17H17NO4/c1-22-14-9-5-4-8-13(14)15(17(20)21)18-10-11-6-2-3-7-12(11)16(18)19/h2-9,11-12,15H,10H2,1H3,(H,20,21). The topological polar surface area (TPSA) is 66.8 Å². The van der Waals surface area contributed by atoms with Gasteiger partial charge in [-0.05, 0) is 6.07 Å². The first-order chi connectivity index (χ1) is 10.6. The lowest BCUT2D eigenvalue weighted by Gasteiger charge is -2.26. The van der Waals surface area contributed by atoms with Crippen LogP contribution in [0.4, 0.5) is 0 Å². The van der Waals surface area contributed by atoms with Crippen LogP contribution in [0.25, 0.3) is 0 Å². The third-order valence-corrected chi connectivity index (χ3v) is 4.20. The van der Waals surface area contributed by atoms with Gasteiger partial charge in [0, 0.05) is 18.0 Å². The Kier molecular flexibility index (Phi) is 3.71. The average Bonchev–Trinajstić information content (AvgIpc) is 2.85. The molecule has 0 radical (unpaired) electrons. The number of benzene rings is 1.